The van der Waals surface area contributed by atoms with Crippen LogP contribution in [0.4, 0.5) is 0 Å². The molecule has 1 unspecified atom stereocenters. The second kappa shape index (κ2) is 6.75. The second-order valence-electron chi connectivity index (χ2n) is 5.53. The van der Waals surface area contributed by atoms with Gasteiger partial charge in [-0.3, -0.25) is 4.79 Å². The van der Waals surface area contributed by atoms with E-state index in [9.17, 15) is 9.90 Å². The number of hydrogen-bond acceptors (Lipinski definition) is 3. The molecule has 0 aromatic heterocycles. The Bertz CT molecular complexity index is 453. The molecular weight excluding hydrogens is 254 g/mol. The molecule has 4 nitrogen and oxygen atoms in total. The van der Waals surface area contributed by atoms with Crippen molar-refractivity contribution in [3.05, 3.63) is 29.3 Å². The molecule has 0 aliphatic carbocycles. The molecule has 20 heavy (non-hydrogen) atoms. The topological polar surface area (TPSA) is 49.8 Å². The van der Waals surface area contributed by atoms with Crippen LogP contribution in [-0.4, -0.2) is 41.7 Å². The molecule has 1 fully saturated rings. The highest BCUT2D eigenvalue weighted by Gasteiger charge is 2.26. The minimum absolute atomic E-state index is 0.0370. The number of aryl methyl sites for hydroxylation is 2. The second-order valence-corrected chi connectivity index (χ2v) is 5.53. The molecule has 1 aliphatic heterocycles. The number of amides is 1. The molecule has 1 aromatic rings. The fourth-order valence-corrected chi connectivity index (χ4v) is 2.76. The summed E-state index contributed by atoms with van der Waals surface area (Å²) in [7, 11) is 0. The summed E-state index contributed by atoms with van der Waals surface area (Å²) in [5, 5.41) is 9.33. The highest BCUT2D eigenvalue weighted by Crippen LogP contribution is 2.19. The molecule has 1 aromatic carbocycles. The molecule has 1 atom stereocenters. The zero-order valence-corrected chi connectivity index (χ0v) is 12.3. The van der Waals surface area contributed by atoms with Gasteiger partial charge in [-0.2, -0.15) is 0 Å². The van der Waals surface area contributed by atoms with Gasteiger partial charge in [0, 0.05) is 6.54 Å². The van der Waals surface area contributed by atoms with E-state index < -0.39 is 0 Å². The van der Waals surface area contributed by atoms with Gasteiger partial charge < -0.3 is 14.7 Å². The summed E-state index contributed by atoms with van der Waals surface area (Å²) in [5.74, 6) is 0.691. The Hall–Kier alpha value is -1.55. The van der Waals surface area contributed by atoms with Gasteiger partial charge >= 0.3 is 0 Å². The van der Waals surface area contributed by atoms with Gasteiger partial charge in [0.1, 0.15) is 5.75 Å². The standard InChI is InChI=1S/C16H23NO3/c1-12-7-13(2)9-15(8-12)20-11-16(19)17-6-4-3-5-14(17)10-18/h7-9,14,18H,3-6,10-11H2,1-2H3. The molecule has 0 spiro atoms. The molecule has 0 radical (unpaired) electrons. The van der Waals surface area contributed by atoms with Crippen LogP contribution in [0.3, 0.4) is 0 Å². The average Bonchev–Trinajstić information content (AvgIpc) is 2.43. The van der Waals surface area contributed by atoms with Crippen molar-refractivity contribution in [3.63, 3.8) is 0 Å². The first kappa shape index (κ1) is 14.9. The fraction of sp³-hybridized carbons (Fsp3) is 0.562. The van der Waals surface area contributed by atoms with Crippen molar-refractivity contribution in [2.75, 3.05) is 19.8 Å². The lowest BCUT2D eigenvalue weighted by atomic mass is 10.0. The fourth-order valence-electron chi connectivity index (χ4n) is 2.76. The van der Waals surface area contributed by atoms with Crippen molar-refractivity contribution in [2.24, 2.45) is 0 Å². The van der Waals surface area contributed by atoms with Crippen molar-refractivity contribution >= 4 is 5.91 Å². The number of aliphatic hydroxyl groups is 1. The van der Waals surface area contributed by atoms with E-state index in [1.165, 1.54) is 0 Å². The lowest BCUT2D eigenvalue weighted by Gasteiger charge is -2.34. The number of benzene rings is 1. The monoisotopic (exact) mass is 277 g/mol. The lowest BCUT2D eigenvalue weighted by molar-refractivity contribution is -0.138. The number of likely N-dealkylation sites (tertiary alicyclic amines) is 1. The number of piperidine rings is 1. The zero-order chi connectivity index (χ0) is 14.5. The van der Waals surface area contributed by atoms with E-state index in [2.05, 4.69) is 6.07 Å². The maximum atomic E-state index is 12.2. The van der Waals surface area contributed by atoms with Gasteiger partial charge in [0.2, 0.25) is 0 Å². The number of nitrogens with zero attached hydrogens (tertiary/aromatic N) is 1. The first-order valence-corrected chi connectivity index (χ1v) is 7.21. The third kappa shape index (κ3) is 3.73. The lowest BCUT2D eigenvalue weighted by Crippen LogP contribution is -2.47. The predicted octanol–water partition coefficient (Wildman–Crippen LogP) is 2.06. The Balaban J connectivity index is 1.94. The molecule has 4 heteroatoms. The van der Waals surface area contributed by atoms with Gasteiger partial charge in [-0.15, -0.1) is 0 Å². The van der Waals surface area contributed by atoms with E-state index in [4.69, 9.17) is 4.74 Å². The number of carbonyl (C=O) groups is 1. The number of aliphatic hydroxyl groups excluding tert-OH is 1. The molecular formula is C16H23NO3. The molecule has 110 valence electrons. The summed E-state index contributed by atoms with van der Waals surface area (Å²) >= 11 is 0. The minimum Gasteiger partial charge on any atom is -0.484 e. The van der Waals surface area contributed by atoms with Gasteiger partial charge in [0.05, 0.1) is 12.6 Å². The van der Waals surface area contributed by atoms with Crippen LogP contribution < -0.4 is 4.74 Å². The molecule has 0 saturated carbocycles. The van der Waals surface area contributed by atoms with Crippen LogP contribution in [0.2, 0.25) is 0 Å². The van der Waals surface area contributed by atoms with E-state index in [1.54, 1.807) is 4.90 Å². The molecule has 1 aliphatic rings. The van der Waals surface area contributed by atoms with Crippen LogP contribution in [0, 0.1) is 13.8 Å². The number of carbonyl (C=O) groups excluding carboxylic acids is 1. The van der Waals surface area contributed by atoms with E-state index in [0.29, 0.717) is 0 Å². The molecule has 1 heterocycles. The van der Waals surface area contributed by atoms with Crippen LogP contribution in [0.1, 0.15) is 30.4 Å². The third-order valence-electron chi connectivity index (χ3n) is 3.72. The summed E-state index contributed by atoms with van der Waals surface area (Å²) in [6.07, 6.45) is 2.96. The van der Waals surface area contributed by atoms with Crippen molar-refractivity contribution < 1.29 is 14.6 Å². The maximum absolute atomic E-state index is 12.2. The molecule has 0 bridgehead atoms. The van der Waals surface area contributed by atoms with Crippen LogP contribution in [0.15, 0.2) is 18.2 Å². The summed E-state index contributed by atoms with van der Waals surface area (Å²) < 4.78 is 5.60. The minimum atomic E-state index is -0.0425. The van der Waals surface area contributed by atoms with Gasteiger partial charge in [-0.25, -0.2) is 0 Å². The number of ether oxygens (including phenoxy) is 1. The summed E-state index contributed by atoms with van der Waals surface area (Å²) in [5.41, 5.74) is 2.25. The maximum Gasteiger partial charge on any atom is 0.260 e. The van der Waals surface area contributed by atoms with Crippen molar-refractivity contribution in [3.8, 4) is 5.75 Å². The Labute approximate surface area is 120 Å². The van der Waals surface area contributed by atoms with Gasteiger partial charge in [0.15, 0.2) is 6.61 Å². The van der Waals surface area contributed by atoms with Gasteiger partial charge in [0.25, 0.3) is 5.91 Å². The normalized spacial score (nSPS) is 18.9. The molecule has 2 rings (SSSR count). The molecule has 1 saturated heterocycles. The Morgan fingerprint density at radius 3 is 2.65 bits per heavy atom. The Morgan fingerprint density at radius 2 is 2.00 bits per heavy atom. The molecule has 1 N–H and O–H groups in total. The van der Waals surface area contributed by atoms with Crippen LogP contribution in [-0.2, 0) is 4.79 Å². The van der Waals surface area contributed by atoms with Crippen LogP contribution in [0.5, 0.6) is 5.75 Å². The summed E-state index contributed by atoms with van der Waals surface area (Å²) in [6, 6.07) is 5.89. The van der Waals surface area contributed by atoms with Crippen molar-refractivity contribution in [1.82, 2.24) is 4.90 Å². The first-order valence-electron chi connectivity index (χ1n) is 7.21. The summed E-state index contributed by atoms with van der Waals surface area (Å²) in [6.45, 7) is 4.82. The van der Waals surface area contributed by atoms with Gasteiger partial charge in [-0.05, 0) is 56.4 Å². The zero-order valence-electron chi connectivity index (χ0n) is 12.3. The smallest absolute Gasteiger partial charge is 0.260 e. The largest absolute Gasteiger partial charge is 0.484 e. The Morgan fingerprint density at radius 1 is 1.30 bits per heavy atom. The quantitative estimate of drug-likeness (QED) is 0.916. The number of rotatable bonds is 4. The first-order chi connectivity index (χ1) is 9.60. The van der Waals surface area contributed by atoms with E-state index in [0.717, 1.165) is 42.7 Å². The van der Waals surface area contributed by atoms with E-state index in [-0.39, 0.29) is 25.2 Å². The summed E-state index contributed by atoms with van der Waals surface area (Å²) in [4.78, 5) is 14.0. The van der Waals surface area contributed by atoms with E-state index in [1.807, 2.05) is 26.0 Å². The highest BCUT2D eigenvalue weighted by molar-refractivity contribution is 5.78. The van der Waals surface area contributed by atoms with Crippen molar-refractivity contribution in [2.45, 2.75) is 39.2 Å². The highest BCUT2D eigenvalue weighted by atomic mass is 16.5. The number of hydrogen-bond donors (Lipinski definition) is 1. The van der Waals surface area contributed by atoms with Crippen LogP contribution in [0.25, 0.3) is 0 Å². The SMILES string of the molecule is Cc1cc(C)cc(OCC(=O)N2CCCCC2CO)c1. The van der Waals surface area contributed by atoms with Gasteiger partial charge in [-0.1, -0.05) is 6.07 Å². The van der Waals surface area contributed by atoms with E-state index >= 15 is 0 Å². The third-order valence-corrected chi connectivity index (χ3v) is 3.72. The predicted molar refractivity (Wildman–Crippen MR) is 77.8 cm³/mol. The Kier molecular flexibility index (Phi) is 5.01. The average molecular weight is 277 g/mol. The van der Waals surface area contributed by atoms with Crippen molar-refractivity contribution in [1.29, 1.82) is 0 Å². The molecule has 1 amide bonds. The van der Waals surface area contributed by atoms with Crippen LogP contribution >= 0.6 is 0 Å².